The molecule has 0 aliphatic heterocycles. The topological polar surface area (TPSA) is 78.9 Å². The highest BCUT2D eigenvalue weighted by Crippen LogP contribution is 2.44. The zero-order valence-electron chi connectivity index (χ0n) is 21.4. The third kappa shape index (κ3) is 8.47. The average Bonchev–Trinajstić information content (AvgIpc) is 2.93. The fourth-order valence-corrected chi connectivity index (χ4v) is 5.27. The Morgan fingerprint density at radius 2 is 1.84 bits per heavy atom. The van der Waals surface area contributed by atoms with Gasteiger partial charge in [0.25, 0.3) is 0 Å². The fourth-order valence-electron chi connectivity index (χ4n) is 3.90. The van der Waals surface area contributed by atoms with Crippen molar-refractivity contribution >= 4 is 26.0 Å². The Balaban J connectivity index is 3.22. The second-order valence-corrected chi connectivity index (χ2v) is 15.0. The first-order chi connectivity index (χ1) is 14.8. The van der Waals surface area contributed by atoms with Crippen LogP contribution in [0.1, 0.15) is 80.1 Å². The van der Waals surface area contributed by atoms with E-state index in [2.05, 4.69) is 40.8 Å². The minimum Gasteiger partial charge on any atom is -0.466 e. The van der Waals surface area contributed by atoms with Crippen LogP contribution in [0.5, 0.6) is 0 Å². The molecule has 0 bridgehead atoms. The summed E-state index contributed by atoms with van der Waals surface area (Å²) < 4.78 is 17.4. The van der Waals surface area contributed by atoms with Gasteiger partial charge in [0.15, 0.2) is 8.32 Å². The molecule has 1 saturated carbocycles. The molecule has 32 heavy (non-hydrogen) atoms. The van der Waals surface area contributed by atoms with Crippen LogP contribution in [0.4, 0.5) is 0 Å². The van der Waals surface area contributed by atoms with Crippen molar-refractivity contribution in [1.82, 2.24) is 0 Å². The second kappa shape index (κ2) is 12.7. The van der Waals surface area contributed by atoms with Gasteiger partial charge in [-0.15, -0.1) is 0 Å². The molecule has 0 aromatic carbocycles. The van der Waals surface area contributed by atoms with E-state index >= 15 is 0 Å². The first kappa shape index (κ1) is 28.6. The molecule has 0 heterocycles. The molecular formula is C25H44O6Si. The monoisotopic (exact) mass is 468 g/mol. The van der Waals surface area contributed by atoms with E-state index in [1.165, 1.54) is 6.92 Å². The van der Waals surface area contributed by atoms with E-state index < -0.39 is 26.3 Å². The van der Waals surface area contributed by atoms with E-state index in [-0.39, 0.29) is 48.3 Å². The van der Waals surface area contributed by atoms with Crippen LogP contribution >= 0.6 is 0 Å². The number of esters is 2. The quantitative estimate of drug-likeness (QED) is 0.160. The summed E-state index contributed by atoms with van der Waals surface area (Å²) in [6, 6.07) is 0. The molecule has 184 valence electrons. The number of carbonyl (C=O) groups excluding carboxylic acids is 3. The minimum atomic E-state index is -2.18. The van der Waals surface area contributed by atoms with E-state index in [1.807, 2.05) is 12.2 Å². The smallest absolute Gasteiger partial charge is 0.306 e. The number of hydrogen-bond donors (Lipinski definition) is 0. The third-order valence-electron chi connectivity index (χ3n) is 6.63. The Hall–Kier alpha value is -1.47. The van der Waals surface area contributed by atoms with Gasteiger partial charge in [0.1, 0.15) is 11.9 Å². The van der Waals surface area contributed by atoms with Crippen LogP contribution in [0, 0.1) is 11.8 Å². The summed E-state index contributed by atoms with van der Waals surface area (Å²) >= 11 is 0. The number of hydrogen-bond acceptors (Lipinski definition) is 6. The van der Waals surface area contributed by atoms with Gasteiger partial charge in [-0.05, 0) is 44.0 Å². The van der Waals surface area contributed by atoms with Crippen LogP contribution in [0.2, 0.25) is 18.1 Å². The van der Waals surface area contributed by atoms with Crippen molar-refractivity contribution in [2.24, 2.45) is 11.8 Å². The summed E-state index contributed by atoms with van der Waals surface area (Å²) in [4.78, 5) is 37.5. The van der Waals surface area contributed by atoms with Gasteiger partial charge in [-0.1, -0.05) is 46.6 Å². The lowest BCUT2D eigenvalue weighted by molar-refractivity contribution is -0.150. The van der Waals surface area contributed by atoms with E-state index in [0.717, 1.165) is 25.7 Å². The molecule has 4 atom stereocenters. The lowest BCUT2D eigenvalue weighted by Crippen LogP contribution is -2.46. The summed E-state index contributed by atoms with van der Waals surface area (Å²) in [5.74, 6) is -1.81. The predicted octanol–water partition coefficient (Wildman–Crippen LogP) is 5.60. The number of carbonyl (C=O) groups is 3. The largest absolute Gasteiger partial charge is 0.466 e. The predicted molar refractivity (Wildman–Crippen MR) is 129 cm³/mol. The van der Waals surface area contributed by atoms with E-state index in [4.69, 9.17) is 13.9 Å². The molecule has 0 radical (unpaired) electrons. The highest BCUT2D eigenvalue weighted by Gasteiger charge is 2.51. The average molecular weight is 469 g/mol. The Kier molecular flexibility index (Phi) is 11.3. The lowest BCUT2D eigenvalue weighted by atomic mass is 9.86. The van der Waals surface area contributed by atoms with Crippen LogP contribution in [-0.2, 0) is 28.3 Å². The lowest BCUT2D eigenvalue weighted by Gasteiger charge is -2.40. The van der Waals surface area contributed by atoms with Crippen LogP contribution in [0.3, 0.4) is 0 Å². The van der Waals surface area contributed by atoms with Crippen molar-refractivity contribution in [3.63, 3.8) is 0 Å². The molecule has 0 saturated heterocycles. The van der Waals surface area contributed by atoms with Gasteiger partial charge in [0, 0.05) is 19.3 Å². The van der Waals surface area contributed by atoms with Gasteiger partial charge in [-0.2, -0.15) is 0 Å². The van der Waals surface area contributed by atoms with Crippen molar-refractivity contribution < 1.29 is 28.3 Å². The maximum Gasteiger partial charge on any atom is 0.306 e. The maximum atomic E-state index is 13.2. The van der Waals surface area contributed by atoms with Crippen LogP contribution in [-0.4, -0.2) is 44.9 Å². The molecule has 0 N–H and O–H groups in total. The highest BCUT2D eigenvalue weighted by molar-refractivity contribution is 6.74. The summed E-state index contributed by atoms with van der Waals surface area (Å²) in [5, 5.41) is -0.0307. The van der Waals surface area contributed by atoms with Crippen LogP contribution in [0.15, 0.2) is 12.2 Å². The van der Waals surface area contributed by atoms with Crippen molar-refractivity contribution in [3.8, 4) is 0 Å². The molecule has 1 aliphatic carbocycles. The Bertz CT molecular complexity index is 664. The van der Waals surface area contributed by atoms with Gasteiger partial charge >= 0.3 is 11.9 Å². The standard InChI is InChI=1S/C25H44O6Si/c1-9-11-12-13-14-15-21(30-18(3)26)24-19(16-23(28)29-10-2)22(17-20(24)27)31-32(7,8)25(4,5)6/h14-15,19,21-22,24H,9-13,16-17H2,1-8H3/b15-14+/t19-,21-,22-,24+/m0/s1. The van der Waals surface area contributed by atoms with Crippen molar-refractivity contribution in [2.75, 3.05) is 6.61 Å². The van der Waals surface area contributed by atoms with Crippen molar-refractivity contribution in [2.45, 2.75) is 110 Å². The van der Waals surface area contributed by atoms with Gasteiger partial charge in [-0.25, -0.2) is 0 Å². The van der Waals surface area contributed by atoms with Crippen molar-refractivity contribution in [3.05, 3.63) is 12.2 Å². The highest BCUT2D eigenvalue weighted by atomic mass is 28.4. The minimum absolute atomic E-state index is 0.0209. The van der Waals surface area contributed by atoms with Gasteiger partial charge < -0.3 is 13.9 Å². The number of unbranched alkanes of at least 4 members (excludes halogenated alkanes) is 3. The molecule has 1 rings (SSSR count). The summed E-state index contributed by atoms with van der Waals surface area (Å²) in [5.41, 5.74) is 0. The second-order valence-electron chi connectivity index (χ2n) is 10.3. The molecule has 0 amide bonds. The van der Waals surface area contributed by atoms with Crippen LogP contribution in [0.25, 0.3) is 0 Å². The number of Topliss-reactive ketones (excluding diaryl/α,β-unsaturated/α-hetero) is 1. The normalized spacial score (nSPS) is 22.9. The van der Waals surface area contributed by atoms with Gasteiger partial charge in [0.05, 0.1) is 25.0 Å². The van der Waals surface area contributed by atoms with Crippen molar-refractivity contribution in [1.29, 1.82) is 0 Å². The molecule has 0 unspecified atom stereocenters. The molecule has 0 spiro atoms. The number of ether oxygens (including phenoxy) is 2. The van der Waals surface area contributed by atoms with E-state index in [0.29, 0.717) is 0 Å². The first-order valence-electron chi connectivity index (χ1n) is 12.0. The Morgan fingerprint density at radius 1 is 1.19 bits per heavy atom. The fraction of sp³-hybridized carbons (Fsp3) is 0.800. The molecule has 0 aromatic rings. The van der Waals surface area contributed by atoms with E-state index in [9.17, 15) is 14.4 Å². The number of allylic oxidation sites excluding steroid dienone is 1. The molecule has 6 nitrogen and oxygen atoms in total. The van der Waals surface area contributed by atoms with Crippen LogP contribution < -0.4 is 0 Å². The maximum absolute atomic E-state index is 13.2. The Morgan fingerprint density at radius 3 is 2.38 bits per heavy atom. The van der Waals surface area contributed by atoms with Gasteiger partial charge in [0.2, 0.25) is 0 Å². The SMILES string of the molecule is CCCCC/C=C/[C@H](OC(C)=O)[C@H]1C(=O)C[C@H](O[Si](C)(C)C(C)(C)C)[C@@H]1CC(=O)OCC. The molecule has 1 fully saturated rings. The molecule has 0 aromatic heterocycles. The summed E-state index contributed by atoms with van der Waals surface area (Å²) in [7, 11) is -2.18. The molecule has 7 heteroatoms. The molecular weight excluding hydrogens is 424 g/mol. The first-order valence-corrected chi connectivity index (χ1v) is 14.9. The zero-order valence-corrected chi connectivity index (χ0v) is 22.4. The third-order valence-corrected chi connectivity index (χ3v) is 11.1. The number of ketones is 1. The van der Waals surface area contributed by atoms with Gasteiger partial charge in [-0.3, -0.25) is 14.4 Å². The Labute approximate surface area is 195 Å². The number of rotatable bonds is 12. The zero-order chi connectivity index (χ0) is 24.5. The van der Waals surface area contributed by atoms with E-state index in [1.54, 1.807) is 6.92 Å². The molecule has 1 aliphatic rings. The summed E-state index contributed by atoms with van der Waals surface area (Å²) in [6.07, 6.45) is 7.18. The summed E-state index contributed by atoms with van der Waals surface area (Å²) in [6.45, 7) is 16.3.